The number of aryl methyl sites for hydroxylation is 1. The molecule has 0 saturated carbocycles. The lowest BCUT2D eigenvalue weighted by molar-refractivity contribution is -0.118. The molecule has 2 aromatic rings. The highest BCUT2D eigenvalue weighted by Crippen LogP contribution is 2.31. The molecule has 0 aliphatic heterocycles. The van der Waals surface area contributed by atoms with Gasteiger partial charge in [-0.15, -0.1) is 0 Å². The second kappa shape index (κ2) is 5.69. The van der Waals surface area contributed by atoms with Gasteiger partial charge in [-0.25, -0.2) is 0 Å². The molecule has 1 aliphatic carbocycles. The van der Waals surface area contributed by atoms with Gasteiger partial charge in [0.15, 0.2) is 5.78 Å². The molecule has 0 saturated heterocycles. The number of carbonyl (C=O) groups excluding carboxylic acids is 1. The average molecular weight is 293 g/mol. The number of allylic oxidation sites excluding steroid dienone is 2. The molecule has 0 spiro atoms. The van der Waals surface area contributed by atoms with E-state index in [4.69, 9.17) is 0 Å². The molecule has 1 aromatic heterocycles. The number of nitriles is 1. The van der Waals surface area contributed by atoms with Crippen LogP contribution in [0.3, 0.4) is 0 Å². The number of fused-ring (bicyclic) bond motifs is 1. The minimum absolute atomic E-state index is 0.147. The van der Waals surface area contributed by atoms with Gasteiger partial charge < -0.3 is 9.88 Å². The molecule has 0 bridgehead atoms. The van der Waals surface area contributed by atoms with Gasteiger partial charge >= 0.3 is 0 Å². The zero-order valence-electron chi connectivity index (χ0n) is 12.9. The Balaban J connectivity index is 2.00. The summed E-state index contributed by atoms with van der Waals surface area (Å²) < 4.78 is 1.98. The predicted octanol–water partition coefficient (Wildman–Crippen LogP) is 3.73. The third-order valence-electron chi connectivity index (χ3n) is 4.47. The Hall–Kier alpha value is -2.54. The maximum Gasteiger partial charge on any atom is 0.160 e. The monoisotopic (exact) mass is 293 g/mol. The fraction of sp³-hybridized carbons (Fsp3) is 0.333. The molecule has 0 radical (unpaired) electrons. The lowest BCUT2D eigenvalue weighted by Gasteiger charge is -2.21. The fourth-order valence-electron chi connectivity index (χ4n) is 3.14. The van der Waals surface area contributed by atoms with Gasteiger partial charge in [0.2, 0.25) is 0 Å². The lowest BCUT2D eigenvalue weighted by atomic mass is 9.89. The number of hydrogen-bond acceptors (Lipinski definition) is 3. The largest absolute Gasteiger partial charge is 0.344 e. The lowest BCUT2D eigenvalue weighted by Crippen LogP contribution is -2.20. The maximum absolute atomic E-state index is 12.0. The number of carbonyl (C=O) groups is 1. The molecule has 1 aliphatic rings. The topological polar surface area (TPSA) is 57.8 Å². The first-order valence-corrected chi connectivity index (χ1v) is 7.64. The van der Waals surface area contributed by atoms with Crippen LogP contribution in [0, 0.1) is 17.2 Å². The Morgan fingerprint density at radius 1 is 1.41 bits per heavy atom. The van der Waals surface area contributed by atoms with Crippen molar-refractivity contribution in [2.75, 3.05) is 5.32 Å². The zero-order valence-corrected chi connectivity index (χ0v) is 12.9. The molecule has 1 atom stereocenters. The summed E-state index contributed by atoms with van der Waals surface area (Å²) >= 11 is 0. The van der Waals surface area contributed by atoms with Crippen LogP contribution >= 0.6 is 0 Å². The van der Waals surface area contributed by atoms with Gasteiger partial charge in [-0.1, -0.05) is 25.1 Å². The molecule has 4 heteroatoms. The highest BCUT2D eigenvalue weighted by Gasteiger charge is 2.22. The van der Waals surface area contributed by atoms with Crippen molar-refractivity contribution in [1.29, 1.82) is 5.26 Å². The van der Waals surface area contributed by atoms with Gasteiger partial charge in [0.05, 0.1) is 5.52 Å². The number of aromatic nitrogens is 1. The van der Waals surface area contributed by atoms with Crippen LogP contribution in [-0.2, 0) is 11.8 Å². The number of hydrogen-bond donors (Lipinski definition) is 1. The van der Waals surface area contributed by atoms with Crippen LogP contribution in [0.5, 0.6) is 0 Å². The van der Waals surface area contributed by atoms with Crippen molar-refractivity contribution in [3.8, 4) is 6.07 Å². The quantitative estimate of drug-likeness (QED) is 0.938. The normalized spacial score (nSPS) is 18.1. The van der Waals surface area contributed by atoms with Gasteiger partial charge in [-0.05, 0) is 25.3 Å². The second-order valence-electron chi connectivity index (χ2n) is 5.75. The number of benzene rings is 1. The summed E-state index contributed by atoms with van der Waals surface area (Å²) in [6.45, 7) is 2.05. The maximum atomic E-state index is 12.0. The third kappa shape index (κ3) is 2.29. The first-order valence-electron chi connectivity index (χ1n) is 7.64. The van der Waals surface area contributed by atoms with Crippen LogP contribution in [0.2, 0.25) is 0 Å². The van der Waals surface area contributed by atoms with Crippen molar-refractivity contribution < 1.29 is 4.79 Å². The van der Waals surface area contributed by atoms with Crippen LogP contribution in [-0.4, -0.2) is 10.4 Å². The molecule has 1 heterocycles. The van der Waals surface area contributed by atoms with Gasteiger partial charge in [0.1, 0.15) is 17.5 Å². The Kier molecular flexibility index (Phi) is 3.72. The summed E-state index contributed by atoms with van der Waals surface area (Å²) in [6, 6.07) is 10.1. The van der Waals surface area contributed by atoms with E-state index in [1.54, 1.807) is 6.08 Å². The van der Waals surface area contributed by atoms with E-state index in [1.807, 2.05) is 42.8 Å². The summed E-state index contributed by atoms with van der Waals surface area (Å²) in [6.07, 6.45) is 4.31. The third-order valence-corrected chi connectivity index (χ3v) is 4.47. The van der Waals surface area contributed by atoms with E-state index >= 15 is 0 Å². The van der Waals surface area contributed by atoms with Gasteiger partial charge in [-0.3, -0.25) is 4.79 Å². The summed E-state index contributed by atoms with van der Waals surface area (Å²) in [5.41, 5.74) is 2.54. The van der Waals surface area contributed by atoms with Gasteiger partial charge in [0, 0.05) is 30.1 Å². The van der Waals surface area contributed by atoms with E-state index in [-0.39, 0.29) is 11.7 Å². The van der Waals surface area contributed by atoms with Gasteiger partial charge in [0.25, 0.3) is 0 Å². The van der Waals surface area contributed by atoms with E-state index in [9.17, 15) is 10.1 Å². The minimum Gasteiger partial charge on any atom is -0.344 e. The van der Waals surface area contributed by atoms with Crippen molar-refractivity contribution >= 4 is 22.5 Å². The SMILES string of the molecule is CCC1CCC(Nc2c(C#N)c3ccccc3n2C)=CC1=O. The van der Waals surface area contributed by atoms with E-state index in [2.05, 4.69) is 11.4 Å². The summed E-state index contributed by atoms with van der Waals surface area (Å²) in [5.74, 6) is 1.10. The number of nitrogens with zero attached hydrogens (tertiary/aromatic N) is 2. The number of rotatable bonds is 3. The van der Waals surface area contributed by atoms with Crippen LogP contribution < -0.4 is 5.32 Å². The van der Waals surface area contributed by atoms with Crippen molar-refractivity contribution in [2.45, 2.75) is 26.2 Å². The Bertz CT molecular complexity index is 808. The van der Waals surface area contributed by atoms with Crippen molar-refractivity contribution in [2.24, 2.45) is 13.0 Å². The summed E-state index contributed by atoms with van der Waals surface area (Å²) in [4.78, 5) is 12.0. The summed E-state index contributed by atoms with van der Waals surface area (Å²) in [7, 11) is 1.94. The van der Waals surface area contributed by atoms with Crippen molar-refractivity contribution in [3.05, 3.63) is 41.6 Å². The zero-order chi connectivity index (χ0) is 15.7. The predicted molar refractivity (Wildman–Crippen MR) is 87.4 cm³/mol. The molecule has 22 heavy (non-hydrogen) atoms. The van der Waals surface area contributed by atoms with E-state index in [0.29, 0.717) is 5.56 Å². The molecule has 4 nitrogen and oxygen atoms in total. The van der Waals surface area contributed by atoms with E-state index in [1.165, 1.54) is 0 Å². The molecule has 3 rings (SSSR count). The fourth-order valence-corrected chi connectivity index (χ4v) is 3.14. The standard InChI is InChI=1S/C18H19N3O/c1-3-12-8-9-13(10-17(12)22)20-18-15(11-19)14-6-4-5-7-16(14)21(18)2/h4-7,10,12,20H,3,8-9H2,1-2H3. The second-order valence-corrected chi connectivity index (χ2v) is 5.75. The molecule has 1 N–H and O–H groups in total. The molecule has 112 valence electrons. The first-order chi connectivity index (χ1) is 10.7. The van der Waals surface area contributed by atoms with Crippen molar-refractivity contribution in [3.63, 3.8) is 0 Å². The Morgan fingerprint density at radius 2 is 2.18 bits per heavy atom. The molecule has 1 aromatic carbocycles. The van der Waals surface area contributed by atoms with E-state index < -0.39 is 0 Å². The molecular weight excluding hydrogens is 274 g/mol. The van der Waals surface area contributed by atoms with Crippen LogP contribution in [0.25, 0.3) is 10.9 Å². The minimum atomic E-state index is 0.147. The molecule has 0 fully saturated rings. The number of para-hydroxylation sites is 1. The van der Waals surface area contributed by atoms with Crippen molar-refractivity contribution in [1.82, 2.24) is 4.57 Å². The number of anilines is 1. The number of ketones is 1. The van der Waals surface area contributed by atoms with Crippen LogP contribution in [0.1, 0.15) is 31.7 Å². The van der Waals surface area contributed by atoms with Crippen LogP contribution in [0.15, 0.2) is 36.0 Å². The Labute approximate surface area is 130 Å². The average Bonchev–Trinajstić information content (AvgIpc) is 2.80. The number of nitrogens with one attached hydrogen (secondary N) is 1. The van der Waals surface area contributed by atoms with E-state index in [0.717, 1.165) is 41.7 Å². The molecule has 0 amide bonds. The molecular formula is C18H19N3O. The Morgan fingerprint density at radius 3 is 2.86 bits per heavy atom. The molecule has 1 unspecified atom stereocenters. The highest BCUT2D eigenvalue weighted by molar-refractivity contribution is 5.95. The summed E-state index contributed by atoms with van der Waals surface area (Å²) in [5, 5.41) is 13.7. The highest BCUT2D eigenvalue weighted by atomic mass is 16.1. The van der Waals surface area contributed by atoms with Gasteiger partial charge in [-0.2, -0.15) is 5.26 Å². The smallest absolute Gasteiger partial charge is 0.160 e. The first kappa shape index (κ1) is 14.4. The van der Waals surface area contributed by atoms with Crippen LogP contribution in [0.4, 0.5) is 5.82 Å².